The zero-order valence-electron chi connectivity index (χ0n) is 29.7. The van der Waals surface area contributed by atoms with E-state index >= 15 is 0 Å². The van der Waals surface area contributed by atoms with Crippen molar-refractivity contribution in [2.45, 2.75) is 65.7 Å². The third kappa shape index (κ3) is 8.26. The number of hydrogen-bond donors (Lipinski definition) is 4. The summed E-state index contributed by atoms with van der Waals surface area (Å²) in [7, 11) is 0. The van der Waals surface area contributed by atoms with Crippen LogP contribution in [-0.4, -0.2) is 44.7 Å². The highest BCUT2D eigenvalue weighted by Gasteiger charge is 2.32. The Hall–Kier alpha value is -5.35. The molecule has 1 unspecified atom stereocenters. The van der Waals surface area contributed by atoms with Gasteiger partial charge in [-0.05, 0) is 113 Å². The van der Waals surface area contributed by atoms with Crippen molar-refractivity contribution in [2.24, 2.45) is 5.92 Å². The summed E-state index contributed by atoms with van der Waals surface area (Å²) in [6.45, 7) is 13.9. The fraction of sp³-hybridized carbons (Fsp3) is 0.325. The van der Waals surface area contributed by atoms with E-state index in [0.29, 0.717) is 23.0 Å². The Bertz CT molecular complexity index is 1930. The van der Waals surface area contributed by atoms with Gasteiger partial charge in [-0.1, -0.05) is 50.6 Å². The lowest BCUT2D eigenvalue weighted by atomic mass is 9.76. The number of piperidine rings is 1. The van der Waals surface area contributed by atoms with E-state index in [1.54, 1.807) is 4.68 Å². The minimum absolute atomic E-state index is 0.0866. The maximum Gasteiger partial charge on any atom is 0.324 e. The van der Waals surface area contributed by atoms with E-state index in [1.807, 2.05) is 106 Å². The summed E-state index contributed by atoms with van der Waals surface area (Å²) in [5.41, 5.74) is 7.49. The summed E-state index contributed by atoms with van der Waals surface area (Å²) in [4.78, 5) is 36.4. The van der Waals surface area contributed by atoms with Gasteiger partial charge in [0.2, 0.25) is 5.95 Å². The Labute approximate surface area is 294 Å². The summed E-state index contributed by atoms with van der Waals surface area (Å²) < 4.78 is 1.76. The predicted molar refractivity (Wildman–Crippen MR) is 200 cm³/mol. The average Bonchev–Trinajstić information content (AvgIpc) is 3.50. The first-order valence-corrected chi connectivity index (χ1v) is 17.2. The van der Waals surface area contributed by atoms with Crippen LogP contribution in [0.3, 0.4) is 0 Å². The van der Waals surface area contributed by atoms with Crippen molar-refractivity contribution in [3.05, 3.63) is 119 Å². The van der Waals surface area contributed by atoms with Gasteiger partial charge in [-0.3, -0.25) is 10.1 Å². The lowest BCUT2D eigenvalue weighted by Gasteiger charge is -2.30. The van der Waals surface area contributed by atoms with Crippen LogP contribution in [0.1, 0.15) is 78.1 Å². The maximum atomic E-state index is 14.2. The average molecular weight is 671 g/mol. The molecule has 4 N–H and O–H groups in total. The number of carbonyl (C=O) groups excluding carboxylic acids is 2. The number of urea groups is 1. The molecule has 1 aliphatic heterocycles. The molecule has 1 atom stereocenters. The van der Waals surface area contributed by atoms with E-state index in [2.05, 4.69) is 52.0 Å². The van der Waals surface area contributed by atoms with Gasteiger partial charge in [0, 0.05) is 39.8 Å². The summed E-state index contributed by atoms with van der Waals surface area (Å²) in [5.74, 6) is 1.09. The molecule has 0 bridgehead atoms. The number of Topliss-reactive ketones (excluding diaryl/α,β-unsaturated/α-hetero) is 1. The van der Waals surface area contributed by atoms with Crippen LogP contribution in [0.25, 0.3) is 5.69 Å². The zero-order chi connectivity index (χ0) is 35.4. The number of ketones is 1. The fourth-order valence-corrected chi connectivity index (χ4v) is 6.40. The Morgan fingerprint density at radius 2 is 1.42 bits per heavy atom. The molecule has 0 aliphatic carbocycles. The van der Waals surface area contributed by atoms with Crippen molar-refractivity contribution in [2.75, 3.05) is 29.0 Å². The Balaban J connectivity index is 1.18. The fourth-order valence-electron chi connectivity index (χ4n) is 6.40. The number of aryl methyl sites for hydroxylation is 3. The second-order valence-electron chi connectivity index (χ2n) is 14.2. The first-order valence-electron chi connectivity index (χ1n) is 17.2. The van der Waals surface area contributed by atoms with Crippen LogP contribution in [0.15, 0.2) is 84.9 Å². The van der Waals surface area contributed by atoms with Gasteiger partial charge in [-0.25, -0.2) is 19.4 Å². The lowest BCUT2D eigenvalue weighted by Crippen LogP contribution is -2.33. The van der Waals surface area contributed by atoms with Crippen LogP contribution < -0.4 is 21.3 Å². The van der Waals surface area contributed by atoms with Gasteiger partial charge in [0.15, 0.2) is 5.78 Å². The van der Waals surface area contributed by atoms with Crippen LogP contribution in [0.2, 0.25) is 0 Å². The molecular weight excluding hydrogens is 624 g/mol. The second-order valence-corrected chi connectivity index (χ2v) is 14.2. The molecule has 0 spiro atoms. The highest BCUT2D eigenvalue weighted by Crippen LogP contribution is 2.35. The van der Waals surface area contributed by atoms with Crippen LogP contribution in [0.5, 0.6) is 0 Å². The van der Waals surface area contributed by atoms with Crippen molar-refractivity contribution >= 4 is 35.0 Å². The maximum absolute atomic E-state index is 14.2. The van der Waals surface area contributed by atoms with E-state index in [0.717, 1.165) is 65.5 Å². The minimum Gasteiger partial charge on any atom is -0.324 e. The normalized spacial score (nSPS) is 14.2. The molecule has 6 rings (SSSR count). The SMILES string of the molecule is Cc1ccc(-n2nc(C(C)(C)C)cc2NC(=O)Nc2ccc(C(C(=O)c3ccc(Nc4nc(C)cc(C)n4)cc3)C3CCNCC3)cc2)cc1. The first kappa shape index (κ1) is 34.5. The van der Waals surface area contributed by atoms with Gasteiger partial charge < -0.3 is 16.0 Å². The summed E-state index contributed by atoms with van der Waals surface area (Å²) >= 11 is 0. The molecule has 0 saturated carbocycles. The number of amides is 2. The summed E-state index contributed by atoms with van der Waals surface area (Å²) in [6.07, 6.45) is 1.82. The molecule has 3 heterocycles. The summed E-state index contributed by atoms with van der Waals surface area (Å²) in [6, 6.07) is 26.7. The minimum atomic E-state index is -0.377. The number of aromatic nitrogens is 4. The number of carbonyl (C=O) groups is 2. The zero-order valence-corrected chi connectivity index (χ0v) is 29.7. The largest absolute Gasteiger partial charge is 0.324 e. The third-order valence-corrected chi connectivity index (χ3v) is 9.07. The predicted octanol–water partition coefficient (Wildman–Crippen LogP) is 8.24. The Morgan fingerprint density at radius 3 is 2.04 bits per heavy atom. The molecule has 2 amide bonds. The number of rotatable bonds is 9. The monoisotopic (exact) mass is 670 g/mol. The summed E-state index contributed by atoms with van der Waals surface area (Å²) in [5, 5.41) is 17.4. The Morgan fingerprint density at radius 1 is 0.800 bits per heavy atom. The van der Waals surface area contributed by atoms with Crippen LogP contribution >= 0.6 is 0 Å². The topological polar surface area (TPSA) is 126 Å². The van der Waals surface area contributed by atoms with E-state index in [4.69, 9.17) is 5.10 Å². The van der Waals surface area contributed by atoms with Gasteiger partial charge in [0.1, 0.15) is 5.82 Å². The smallest absolute Gasteiger partial charge is 0.324 e. The molecule has 3 aromatic carbocycles. The molecule has 1 fully saturated rings. The van der Waals surface area contributed by atoms with E-state index < -0.39 is 0 Å². The number of anilines is 4. The van der Waals surface area contributed by atoms with Gasteiger partial charge in [0.25, 0.3) is 0 Å². The Kier molecular flexibility index (Phi) is 10.1. The van der Waals surface area contributed by atoms with Crippen molar-refractivity contribution in [1.29, 1.82) is 0 Å². The molecular formula is C40H46N8O2. The molecule has 1 saturated heterocycles. The van der Waals surface area contributed by atoms with Crippen LogP contribution in [-0.2, 0) is 5.41 Å². The first-order chi connectivity index (χ1) is 23.9. The molecule has 1 aliphatic rings. The van der Waals surface area contributed by atoms with Gasteiger partial charge in [-0.15, -0.1) is 0 Å². The van der Waals surface area contributed by atoms with Crippen LogP contribution in [0, 0.1) is 26.7 Å². The van der Waals surface area contributed by atoms with E-state index in [-0.39, 0.29) is 29.1 Å². The van der Waals surface area contributed by atoms with Crippen molar-refractivity contribution in [3.8, 4) is 5.69 Å². The second kappa shape index (κ2) is 14.6. The van der Waals surface area contributed by atoms with Crippen molar-refractivity contribution in [1.82, 2.24) is 25.1 Å². The number of nitrogens with zero attached hydrogens (tertiary/aromatic N) is 4. The van der Waals surface area contributed by atoms with Gasteiger partial charge in [0.05, 0.1) is 17.3 Å². The molecule has 0 radical (unpaired) electrons. The molecule has 10 heteroatoms. The lowest BCUT2D eigenvalue weighted by molar-refractivity contribution is 0.0916. The highest BCUT2D eigenvalue weighted by molar-refractivity contribution is 6.02. The third-order valence-electron chi connectivity index (χ3n) is 9.07. The van der Waals surface area contributed by atoms with E-state index in [9.17, 15) is 9.59 Å². The molecule has 50 heavy (non-hydrogen) atoms. The molecule has 258 valence electrons. The van der Waals surface area contributed by atoms with Crippen molar-refractivity contribution < 1.29 is 9.59 Å². The van der Waals surface area contributed by atoms with Crippen molar-refractivity contribution in [3.63, 3.8) is 0 Å². The quantitative estimate of drug-likeness (QED) is 0.116. The number of benzene rings is 3. The molecule has 10 nitrogen and oxygen atoms in total. The molecule has 2 aromatic heterocycles. The molecule has 5 aromatic rings. The van der Waals surface area contributed by atoms with E-state index in [1.165, 1.54) is 0 Å². The van der Waals surface area contributed by atoms with Crippen LogP contribution in [0.4, 0.5) is 27.9 Å². The highest BCUT2D eigenvalue weighted by atomic mass is 16.2. The standard InChI is InChI=1S/C40H46N8O2/c1-25-7-17-33(18-8-25)48-35(24-34(47-48)40(4,5)6)46-39(50)45-32-13-9-28(10-14-32)36(29-19-21-41-22-20-29)37(49)30-11-15-31(16-12-30)44-38-42-26(2)23-27(3)43-38/h7-18,23-24,29,36,41H,19-22H2,1-6H3,(H,42,43,44)(H2,45,46,50). The number of hydrogen-bond acceptors (Lipinski definition) is 7. The van der Waals surface area contributed by atoms with Gasteiger partial charge >= 0.3 is 6.03 Å². The number of nitrogens with one attached hydrogen (secondary N) is 4. The van der Waals surface area contributed by atoms with Gasteiger partial charge in [-0.2, -0.15) is 5.10 Å².